The highest BCUT2D eigenvalue weighted by Gasteiger charge is 2.05. The zero-order valence-electron chi connectivity index (χ0n) is 7.62. The number of nitrogens with zero attached hydrogens (tertiary/aromatic N) is 2. The average molecular weight is 442 g/mol. The molecule has 0 saturated carbocycles. The Balaban J connectivity index is 2.52. The fourth-order valence-electron chi connectivity index (χ4n) is 1.32. The van der Waals surface area contributed by atoms with Crippen LogP contribution in [0.4, 0.5) is 0 Å². The lowest BCUT2D eigenvalue weighted by Crippen LogP contribution is -1.98. The molecule has 0 bridgehead atoms. The highest BCUT2D eigenvalue weighted by molar-refractivity contribution is 14.1. The van der Waals surface area contributed by atoms with E-state index in [4.69, 9.17) is 0 Å². The number of hydrogen-bond donors (Lipinski definition) is 0. The Morgan fingerprint density at radius 2 is 2.20 bits per heavy atom. The van der Waals surface area contributed by atoms with E-state index in [0.29, 0.717) is 0 Å². The van der Waals surface area contributed by atoms with E-state index < -0.39 is 0 Å². The maximum absolute atomic E-state index is 4.30. The van der Waals surface area contributed by atoms with Gasteiger partial charge in [-0.2, -0.15) is 5.10 Å². The van der Waals surface area contributed by atoms with Gasteiger partial charge in [-0.25, -0.2) is 4.68 Å². The standard InChI is InChI=1S/C10H7Br2IN2/c11-4-7-3-8(12)1-2-10(7)15-6-9(13)5-14-15/h1-3,5-6H,4H2. The molecule has 0 atom stereocenters. The van der Waals surface area contributed by atoms with Crippen molar-refractivity contribution in [1.29, 1.82) is 0 Å². The number of aromatic nitrogens is 2. The van der Waals surface area contributed by atoms with Crippen LogP contribution in [0.15, 0.2) is 35.1 Å². The first-order chi connectivity index (χ1) is 7.20. The molecular formula is C10H7Br2IN2. The molecule has 0 unspecified atom stereocenters. The third kappa shape index (κ3) is 2.62. The smallest absolute Gasteiger partial charge is 0.0687 e. The Morgan fingerprint density at radius 3 is 2.80 bits per heavy atom. The Hall–Kier alpha value is 0.120. The van der Waals surface area contributed by atoms with Crippen molar-refractivity contribution >= 4 is 54.5 Å². The summed E-state index contributed by atoms with van der Waals surface area (Å²) in [7, 11) is 0. The van der Waals surface area contributed by atoms with E-state index in [1.165, 1.54) is 5.56 Å². The van der Waals surface area contributed by atoms with Crippen molar-refractivity contribution in [3.05, 3.63) is 44.2 Å². The second-order valence-corrected chi connectivity index (χ2v) is 5.73. The maximum Gasteiger partial charge on any atom is 0.0687 e. The molecule has 1 heterocycles. The lowest BCUT2D eigenvalue weighted by molar-refractivity contribution is 0.871. The molecule has 1 aromatic heterocycles. The molecule has 78 valence electrons. The minimum Gasteiger partial charge on any atom is -0.240 e. The molecule has 2 aromatic rings. The second-order valence-electron chi connectivity index (χ2n) is 3.01. The molecule has 0 aliphatic rings. The summed E-state index contributed by atoms with van der Waals surface area (Å²) in [5, 5.41) is 5.11. The van der Waals surface area contributed by atoms with Crippen molar-refractivity contribution in [2.75, 3.05) is 0 Å². The predicted octanol–water partition coefficient (Wildman–Crippen LogP) is 4.13. The zero-order valence-corrected chi connectivity index (χ0v) is 13.0. The van der Waals surface area contributed by atoms with Crippen LogP contribution in [0.2, 0.25) is 0 Å². The molecular weight excluding hydrogens is 435 g/mol. The van der Waals surface area contributed by atoms with Gasteiger partial charge in [0.05, 0.1) is 15.5 Å². The molecule has 5 heteroatoms. The summed E-state index contributed by atoms with van der Waals surface area (Å²) in [5.41, 5.74) is 2.32. The predicted molar refractivity (Wildman–Crippen MR) is 76.6 cm³/mol. The summed E-state index contributed by atoms with van der Waals surface area (Å²) in [6, 6.07) is 6.18. The van der Waals surface area contributed by atoms with E-state index in [9.17, 15) is 0 Å². The highest BCUT2D eigenvalue weighted by Crippen LogP contribution is 2.22. The van der Waals surface area contributed by atoms with Crippen molar-refractivity contribution in [3.63, 3.8) is 0 Å². The van der Waals surface area contributed by atoms with E-state index in [1.807, 2.05) is 23.1 Å². The van der Waals surface area contributed by atoms with Crippen LogP contribution >= 0.6 is 54.5 Å². The minimum atomic E-state index is 0.818. The van der Waals surface area contributed by atoms with E-state index >= 15 is 0 Å². The number of rotatable bonds is 2. The fraction of sp³-hybridized carbons (Fsp3) is 0.100. The lowest BCUT2D eigenvalue weighted by atomic mass is 10.2. The van der Waals surface area contributed by atoms with Gasteiger partial charge in [0, 0.05) is 16.0 Å². The average Bonchev–Trinajstić information content (AvgIpc) is 2.64. The lowest BCUT2D eigenvalue weighted by Gasteiger charge is -2.07. The van der Waals surface area contributed by atoms with Crippen molar-refractivity contribution in [2.24, 2.45) is 0 Å². The van der Waals surface area contributed by atoms with Crippen LogP contribution in [-0.4, -0.2) is 9.78 Å². The van der Waals surface area contributed by atoms with Crippen molar-refractivity contribution in [1.82, 2.24) is 9.78 Å². The summed E-state index contributed by atoms with van der Waals surface area (Å²) < 4.78 is 4.11. The SMILES string of the molecule is BrCc1cc(Br)ccc1-n1cc(I)cn1. The van der Waals surface area contributed by atoms with Crippen LogP contribution in [0.5, 0.6) is 0 Å². The molecule has 0 fully saturated rings. The highest BCUT2D eigenvalue weighted by atomic mass is 127. The van der Waals surface area contributed by atoms with Gasteiger partial charge in [-0.05, 0) is 46.4 Å². The van der Waals surface area contributed by atoms with Crippen LogP contribution < -0.4 is 0 Å². The van der Waals surface area contributed by atoms with Crippen molar-refractivity contribution in [2.45, 2.75) is 5.33 Å². The van der Waals surface area contributed by atoms with E-state index in [2.05, 4.69) is 71.7 Å². The van der Waals surface area contributed by atoms with Gasteiger partial charge < -0.3 is 0 Å². The topological polar surface area (TPSA) is 17.8 Å². The van der Waals surface area contributed by atoms with E-state index in [1.54, 1.807) is 0 Å². The first kappa shape index (κ1) is 11.6. The van der Waals surface area contributed by atoms with Gasteiger partial charge in [0.1, 0.15) is 0 Å². The van der Waals surface area contributed by atoms with E-state index in [-0.39, 0.29) is 0 Å². The summed E-state index contributed by atoms with van der Waals surface area (Å²) in [4.78, 5) is 0. The van der Waals surface area contributed by atoms with Gasteiger partial charge in [0.15, 0.2) is 0 Å². The molecule has 0 amide bonds. The van der Waals surface area contributed by atoms with Gasteiger partial charge in [0.25, 0.3) is 0 Å². The number of benzene rings is 1. The van der Waals surface area contributed by atoms with Crippen molar-refractivity contribution in [3.8, 4) is 5.69 Å². The first-order valence-corrected chi connectivity index (χ1v) is 7.25. The molecule has 1 aromatic carbocycles. The first-order valence-electron chi connectivity index (χ1n) is 4.25. The molecule has 0 spiro atoms. The third-order valence-electron chi connectivity index (χ3n) is 1.98. The van der Waals surface area contributed by atoms with Gasteiger partial charge >= 0.3 is 0 Å². The summed E-state index contributed by atoms with van der Waals surface area (Å²) >= 11 is 9.20. The van der Waals surface area contributed by atoms with Gasteiger partial charge in [-0.15, -0.1) is 0 Å². The molecule has 2 nitrogen and oxygen atoms in total. The Labute approximate surface area is 118 Å². The Kier molecular flexibility index (Phi) is 3.84. The van der Waals surface area contributed by atoms with Crippen LogP contribution in [0.3, 0.4) is 0 Å². The fourth-order valence-corrected chi connectivity index (χ4v) is 2.56. The molecule has 15 heavy (non-hydrogen) atoms. The summed E-state index contributed by atoms with van der Waals surface area (Å²) in [5.74, 6) is 0. The molecule has 0 saturated heterocycles. The Bertz CT molecular complexity index is 482. The molecule has 0 N–H and O–H groups in total. The largest absolute Gasteiger partial charge is 0.240 e. The minimum absolute atomic E-state index is 0.818. The monoisotopic (exact) mass is 440 g/mol. The molecule has 0 radical (unpaired) electrons. The Morgan fingerprint density at radius 1 is 1.40 bits per heavy atom. The van der Waals surface area contributed by atoms with E-state index in [0.717, 1.165) is 19.1 Å². The molecule has 0 aliphatic carbocycles. The van der Waals surface area contributed by atoms with Gasteiger partial charge in [-0.3, -0.25) is 0 Å². The van der Waals surface area contributed by atoms with Gasteiger partial charge in [-0.1, -0.05) is 31.9 Å². The van der Waals surface area contributed by atoms with Crippen LogP contribution in [0.1, 0.15) is 5.56 Å². The number of halogens is 3. The van der Waals surface area contributed by atoms with Crippen LogP contribution in [0.25, 0.3) is 5.69 Å². The van der Waals surface area contributed by atoms with Gasteiger partial charge in [0.2, 0.25) is 0 Å². The summed E-state index contributed by atoms with van der Waals surface area (Å²) in [6.07, 6.45) is 3.86. The third-order valence-corrected chi connectivity index (χ3v) is 3.64. The molecule has 2 rings (SSSR count). The second kappa shape index (κ2) is 4.97. The normalized spacial score (nSPS) is 10.6. The number of hydrogen-bond acceptors (Lipinski definition) is 1. The maximum atomic E-state index is 4.30. The zero-order chi connectivity index (χ0) is 10.8. The quantitative estimate of drug-likeness (QED) is 0.506. The van der Waals surface area contributed by atoms with Crippen LogP contribution in [-0.2, 0) is 5.33 Å². The molecule has 0 aliphatic heterocycles. The van der Waals surface area contributed by atoms with Crippen LogP contribution in [0, 0.1) is 3.57 Å². The van der Waals surface area contributed by atoms with Crippen molar-refractivity contribution < 1.29 is 0 Å². The summed E-state index contributed by atoms with van der Waals surface area (Å²) in [6.45, 7) is 0. The number of alkyl halides is 1.